The average molecular weight is 397 g/mol. The van der Waals surface area contributed by atoms with Crippen LogP contribution >= 0.6 is 11.8 Å². The zero-order valence-electron chi connectivity index (χ0n) is 15.4. The molecule has 1 aliphatic rings. The number of benzene rings is 2. The summed E-state index contributed by atoms with van der Waals surface area (Å²) in [4.78, 5) is 17.3. The normalized spacial score (nSPS) is 16.6. The Bertz CT molecular complexity index is 994. The molecule has 0 bridgehead atoms. The van der Waals surface area contributed by atoms with Gasteiger partial charge in [-0.05, 0) is 31.2 Å². The van der Waals surface area contributed by atoms with Crippen LogP contribution in [-0.2, 0) is 9.53 Å². The van der Waals surface area contributed by atoms with Gasteiger partial charge in [0, 0.05) is 11.6 Å². The summed E-state index contributed by atoms with van der Waals surface area (Å²) < 4.78 is 10.3. The van der Waals surface area contributed by atoms with E-state index < -0.39 is 5.97 Å². The van der Waals surface area contributed by atoms with E-state index in [0.29, 0.717) is 26.9 Å². The third kappa shape index (κ3) is 4.20. The first-order chi connectivity index (χ1) is 13.5. The molecular weight excluding hydrogens is 378 g/mol. The molecule has 0 aromatic heterocycles. The molecule has 144 valence electrons. The van der Waals surface area contributed by atoms with Crippen molar-refractivity contribution in [1.82, 2.24) is 0 Å². The van der Waals surface area contributed by atoms with E-state index in [2.05, 4.69) is 4.99 Å². The monoisotopic (exact) mass is 397 g/mol. The topological polar surface area (TPSA) is 88.4 Å². The van der Waals surface area contributed by atoms with Crippen molar-refractivity contribution < 1.29 is 24.5 Å². The molecule has 0 fully saturated rings. The van der Waals surface area contributed by atoms with Crippen LogP contribution in [0.25, 0.3) is 6.08 Å². The van der Waals surface area contributed by atoms with Crippen molar-refractivity contribution in [2.24, 2.45) is 4.99 Å². The highest BCUT2D eigenvalue weighted by molar-refractivity contribution is 8.18. The molecule has 0 unspecified atom stereocenters. The summed E-state index contributed by atoms with van der Waals surface area (Å²) in [7, 11) is 1.56. The average Bonchev–Trinajstić information content (AvgIpc) is 2.99. The lowest BCUT2D eigenvalue weighted by molar-refractivity contribution is -0.138. The molecule has 2 aromatic carbocycles. The van der Waals surface area contributed by atoms with Crippen LogP contribution in [0, 0.1) is 0 Å². The van der Waals surface area contributed by atoms with Crippen LogP contribution < -0.4 is 4.74 Å². The van der Waals surface area contributed by atoms with Crippen LogP contribution in [0.15, 0.2) is 69.8 Å². The number of para-hydroxylation sites is 1. The number of carbonyl (C=O) groups excluding carboxylic acids is 1. The summed E-state index contributed by atoms with van der Waals surface area (Å²) in [6, 6.07) is 13.8. The molecule has 2 aromatic rings. The quantitative estimate of drug-likeness (QED) is 0.717. The van der Waals surface area contributed by atoms with E-state index in [-0.39, 0.29) is 23.7 Å². The number of thioether (sulfide) groups is 1. The first-order valence-electron chi connectivity index (χ1n) is 8.55. The smallest absolute Gasteiger partial charge is 0.344 e. The molecule has 3 rings (SSSR count). The van der Waals surface area contributed by atoms with Crippen molar-refractivity contribution in [3.05, 3.63) is 70.3 Å². The number of rotatable bonds is 5. The predicted octanol–water partition coefficient (Wildman–Crippen LogP) is 4.59. The van der Waals surface area contributed by atoms with Gasteiger partial charge in [0.2, 0.25) is 0 Å². The Hall–Kier alpha value is -3.19. The molecule has 0 amide bonds. The van der Waals surface area contributed by atoms with E-state index in [0.717, 1.165) is 11.8 Å². The standard InChI is InChI=1S/C21H19NO5S/c1-3-27-21(25)18-19(24)17(11-13-7-4-5-10-16(13)23)28-20(18)22-14-8-6-9-15(12-14)26-2/h4-12,23-24H,3H2,1-2H3/b17-11+,22-20?. The van der Waals surface area contributed by atoms with Crippen LogP contribution in [-0.4, -0.2) is 34.9 Å². The minimum Gasteiger partial charge on any atom is -0.507 e. The van der Waals surface area contributed by atoms with E-state index in [1.807, 2.05) is 0 Å². The fourth-order valence-corrected chi connectivity index (χ4v) is 3.57. The van der Waals surface area contributed by atoms with Gasteiger partial charge in [-0.3, -0.25) is 0 Å². The lowest BCUT2D eigenvalue weighted by atomic mass is 10.1. The highest BCUT2D eigenvalue weighted by Gasteiger charge is 2.33. The summed E-state index contributed by atoms with van der Waals surface area (Å²) in [5, 5.41) is 20.9. The van der Waals surface area contributed by atoms with Crippen molar-refractivity contribution in [1.29, 1.82) is 0 Å². The zero-order chi connectivity index (χ0) is 20.1. The molecule has 2 N–H and O–H groups in total. The van der Waals surface area contributed by atoms with Crippen LogP contribution in [0.2, 0.25) is 0 Å². The summed E-state index contributed by atoms with van der Waals surface area (Å²) in [6.07, 6.45) is 1.60. The number of phenols is 1. The van der Waals surface area contributed by atoms with Gasteiger partial charge in [0.15, 0.2) is 0 Å². The van der Waals surface area contributed by atoms with Gasteiger partial charge in [-0.2, -0.15) is 0 Å². The summed E-state index contributed by atoms with van der Waals surface area (Å²) in [5.41, 5.74) is 1.08. The Labute approximate surface area is 166 Å². The van der Waals surface area contributed by atoms with Gasteiger partial charge < -0.3 is 19.7 Å². The Morgan fingerprint density at radius 3 is 2.68 bits per heavy atom. The zero-order valence-corrected chi connectivity index (χ0v) is 16.2. The van der Waals surface area contributed by atoms with Gasteiger partial charge in [-0.1, -0.05) is 36.0 Å². The highest BCUT2D eigenvalue weighted by atomic mass is 32.2. The molecule has 1 heterocycles. The number of aromatic hydroxyl groups is 1. The molecule has 6 nitrogen and oxygen atoms in total. The molecule has 0 spiro atoms. The van der Waals surface area contributed by atoms with Crippen molar-refractivity contribution in [3.63, 3.8) is 0 Å². The highest BCUT2D eigenvalue weighted by Crippen LogP contribution is 2.41. The summed E-state index contributed by atoms with van der Waals surface area (Å²) >= 11 is 1.13. The van der Waals surface area contributed by atoms with Gasteiger partial charge in [0.25, 0.3) is 0 Å². The third-order valence-corrected chi connectivity index (χ3v) is 4.90. The molecule has 0 atom stereocenters. The number of phenolic OH excluding ortho intramolecular Hbond substituents is 1. The molecule has 28 heavy (non-hydrogen) atoms. The number of methoxy groups -OCH3 is 1. The maximum absolute atomic E-state index is 12.4. The van der Waals surface area contributed by atoms with E-state index >= 15 is 0 Å². The van der Waals surface area contributed by atoms with E-state index in [4.69, 9.17) is 9.47 Å². The van der Waals surface area contributed by atoms with Crippen molar-refractivity contribution in [2.45, 2.75) is 6.92 Å². The first kappa shape index (κ1) is 19.6. The molecule has 0 aliphatic carbocycles. The number of carbonyl (C=O) groups is 1. The molecule has 0 saturated carbocycles. The fraction of sp³-hybridized carbons (Fsp3) is 0.143. The second kappa shape index (κ2) is 8.67. The Morgan fingerprint density at radius 2 is 1.96 bits per heavy atom. The predicted molar refractivity (Wildman–Crippen MR) is 110 cm³/mol. The fourth-order valence-electron chi connectivity index (χ4n) is 2.54. The lowest BCUT2D eigenvalue weighted by Crippen LogP contribution is -2.12. The second-order valence-corrected chi connectivity index (χ2v) is 6.76. The second-order valence-electron chi connectivity index (χ2n) is 5.73. The largest absolute Gasteiger partial charge is 0.507 e. The van der Waals surface area contributed by atoms with Gasteiger partial charge >= 0.3 is 5.97 Å². The van der Waals surface area contributed by atoms with E-state index in [9.17, 15) is 15.0 Å². The van der Waals surface area contributed by atoms with Crippen LogP contribution in [0.3, 0.4) is 0 Å². The van der Waals surface area contributed by atoms with Gasteiger partial charge in [0.05, 0.1) is 24.3 Å². The minimum atomic E-state index is -0.658. The Morgan fingerprint density at radius 1 is 1.18 bits per heavy atom. The molecule has 0 radical (unpaired) electrons. The number of aliphatic imine (C=N–C) groups is 1. The Kier molecular flexibility index (Phi) is 6.06. The minimum absolute atomic E-state index is 0.00339. The lowest BCUT2D eigenvalue weighted by Gasteiger charge is -2.04. The Balaban J connectivity index is 2.06. The van der Waals surface area contributed by atoms with Crippen molar-refractivity contribution >= 4 is 34.5 Å². The number of ether oxygens (including phenoxy) is 2. The van der Waals surface area contributed by atoms with E-state index in [1.54, 1.807) is 68.6 Å². The number of hydrogen-bond acceptors (Lipinski definition) is 7. The summed E-state index contributed by atoms with van der Waals surface area (Å²) in [5.74, 6) is -0.192. The first-order valence-corrected chi connectivity index (χ1v) is 9.36. The third-order valence-electron chi connectivity index (χ3n) is 3.88. The number of esters is 1. The summed E-state index contributed by atoms with van der Waals surface area (Å²) in [6.45, 7) is 1.86. The maximum atomic E-state index is 12.4. The maximum Gasteiger partial charge on any atom is 0.344 e. The van der Waals surface area contributed by atoms with Crippen LogP contribution in [0.5, 0.6) is 11.5 Å². The van der Waals surface area contributed by atoms with Crippen LogP contribution in [0.1, 0.15) is 12.5 Å². The molecule has 0 saturated heterocycles. The molecule has 1 aliphatic heterocycles. The van der Waals surface area contributed by atoms with E-state index in [1.165, 1.54) is 0 Å². The number of nitrogens with zero attached hydrogens (tertiary/aromatic N) is 1. The van der Waals surface area contributed by atoms with Crippen molar-refractivity contribution in [2.75, 3.05) is 13.7 Å². The van der Waals surface area contributed by atoms with Gasteiger partial charge in [-0.15, -0.1) is 0 Å². The van der Waals surface area contributed by atoms with Gasteiger partial charge in [0.1, 0.15) is 27.9 Å². The number of aliphatic hydroxyl groups is 1. The molecule has 7 heteroatoms. The number of hydrogen-bond donors (Lipinski definition) is 2. The van der Waals surface area contributed by atoms with Gasteiger partial charge in [-0.25, -0.2) is 9.79 Å². The van der Waals surface area contributed by atoms with Crippen molar-refractivity contribution in [3.8, 4) is 11.5 Å². The van der Waals surface area contributed by atoms with Crippen LogP contribution in [0.4, 0.5) is 5.69 Å². The number of aliphatic hydroxyl groups excluding tert-OH is 1. The SMILES string of the molecule is CCOC(=O)C1=C(O)/C(=C\c2ccccc2O)SC1=Nc1cccc(OC)c1. The molecular formula is C21H19NO5S.